The predicted molar refractivity (Wildman–Crippen MR) is 106 cm³/mol. The Balaban J connectivity index is 1.86. The van der Waals surface area contributed by atoms with Gasteiger partial charge in [-0.05, 0) is 50.1 Å². The molecule has 1 atom stereocenters. The van der Waals surface area contributed by atoms with Gasteiger partial charge in [-0.1, -0.05) is 29.8 Å². The topological polar surface area (TPSA) is 63.7 Å². The van der Waals surface area contributed by atoms with Crippen molar-refractivity contribution in [2.24, 2.45) is 0 Å². The van der Waals surface area contributed by atoms with Gasteiger partial charge >= 0.3 is 0 Å². The molecule has 6 heteroatoms. The molecule has 0 radical (unpaired) electrons. The number of hydrogen-bond donors (Lipinski definition) is 0. The van der Waals surface area contributed by atoms with Gasteiger partial charge in [0.1, 0.15) is 5.75 Å². The summed E-state index contributed by atoms with van der Waals surface area (Å²) >= 11 is 0. The van der Waals surface area contributed by atoms with Gasteiger partial charge < -0.3 is 9.64 Å². The highest BCUT2D eigenvalue weighted by Crippen LogP contribution is 2.23. The minimum absolute atomic E-state index is 0.0294. The van der Waals surface area contributed by atoms with Crippen LogP contribution in [0, 0.1) is 6.92 Å². The van der Waals surface area contributed by atoms with Gasteiger partial charge in [0.2, 0.25) is 0 Å². The van der Waals surface area contributed by atoms with Crippen LogP contribution in [0.25, 0.3) is 0 Å². The molecule has 2 aromatic rings. The van der Waals surface area contributed by atoms with Crippen LogP contribution in [0.1, 0.15) is 34.8 Å². The third-order valence-electron chi connectivity index (χ3n) is 4.80. The first-order valence-corrected chi connectivity index (χ1v) is 11.0. The summed E-state index contributed by atoms with van der Waals surface area (Å²) in [6, 6.07) is 14.7. The molecule has 0 bridgehead atoms. The van der Waals surface area contributed by atoms with Crippen LogP contribution < -0.4 is 4.74 Å². The fourth-order valence-corrected chi connectivity index (χ4v) is 5.04. The summed E-state index contributed by atoms with van der Waals surface area (Å²) in [6.45, 7) is 4.87. The molecule has 0 aromatic heterocycles. The summed E-state index contributed by atoms with van der Waals surface area (Å²) in [7, 11) is -3.08. The number of sulfone groups is 1. The van der Waals surface area contributed by atoms with E-state index in [0.717, 1.165) is 11.1 Å². The molecule has 1 unspecified atom stereocenters. The fraction of sp³-hybridized carbons (Fsp3) is 0.381. The van der Waals surface area contributed by atoms with E-state index in [1.165, 1.54) is 0 Å². The first kappa shape index (κ1) is 19.4. The lowest BCUT2D eigenvalue weighted by Gasteiger charge is -2.28. The molecule has 1 heterocycles. The van der Waals surface area contributed by atoms with E-state index in [0.29, 0.717) is 30.9 Å². The van der Waals surface area contributed by atoms with Crippen molar-refractivity contribution in [1.29, 1.82) is 0 Å². The SMILES string of the molecule is CCOc1ccc(C(=O)N(Cc2ccc(C)cc2)C2CCS(=O)(=O)C2)cc1. The second-order valence-electron chi connectivity index (χ2n) is 6.93. The van der Waals surface area contributed by atoms with Gasteiger partial charge in [-0.25, -0.2) is 8.42 Å². The van der Waals surface area contributed by atoms with Crippen LogP contribution in [0.15, 0.2) is 48.5 Å². The molecule has 0 aliphatic carbocycles. The first-order chi connectivity index (χ1) is 12.9. The number of ether oxygens (including phenoxy) is 1. The molecule has 27 heavy (non-hydrogen) atoms. The Kier molecular flexibility index (Phi) is 5.85. The monoisotopic (exact) mass is 387 g/mol. The van der Waals surface area contributed by atoms with Crippen LogP contribution in [0.2, 0.25) is 0 Å². The maximum Gasteiger partial charge on any atom is 0.254 e. The van der Waals surface area contributed by atoms with Gasteiger partial charge in [0, 0.05) is 18.2 Å². The van der Waals surface area contributed by atoms with Crippen molar-refractivity contribution in [3.8, 4) is 5.75 Å². The highest BCUT2D eigenvalue weighted by atomic mass is 32.2. The molecule has 3 rings (SSSR count). The molecular weight excluding hydrogens is 362 g/mol. The summed E-state index contributed by atoms with van der Waals surface area (Å²) in [5.74, 6) is 0.726. The predicted octanol–water partition coefficient (Wildman–Crippen LogP) is 3.22. The Morgan fingerprint density at radius 1 is 1.11 bits per heavy atom. The van der Waals surface area contributed by atoms with Gasteiger partial charge in [-0.3, -0.25) is 4.79 Å². The van der Waals surface area contributed by atoms with E-state index in [1.807, 2.05) is 38.1 Å². The highest BCUT2D eigenvalue weighted by molar-refractivity contribution is 7.91. The van der Waals surface area contributed by atoms with Crippen molar-refractivity contribution in [3.05, 3.63) is 65.2 Å². The second-order valence-corrected chi connectivity index (χ2v) is 9.16. The van der Waals surface area contributed by atoms with E-state index < -0.39 is 9.84 Å². The number of carbonyl (C=O) groups is 1. The van der Waals surface area contributed by atoms with Crippen molar-refractivity contribution in [3.63, 3.8) is 0 Å². The van der Waals surface area contributed by atoms with Crippen LogP contribution >= 0.6 is 0 Å². The lowest BCUT2D eigenvalue weighted by Crippen LogP contribution is -2.40. The highest BCUT2D eigenvalue weighted by Gasteiger charge is 2.35. The van der Waals surface area contributed by atoms with E-state index in [4.69, 9.17) is 4.74 Å². The van der Waals surface area contributed by atoms with Crippen LogP contribution in [-0.4, -0.2) is 43.4 Å². The quantitative estimate of drug-likeness (QED) is 0.763. The average Bonchev–Trinajstić information content (AvgIpc) is 3.01. The van der Waals surface area contributed by atoms with Crippen molar-refractivity contribution >= 4 is 15.7 Å². The van der Waals surface area contributed by atoms with Gasteiger partial charge in [0.25, 0.3) is 5.91 Å². The molecule has 1 aliphatic rings. The molecule has 0 spiro atoms. The Morgan fingerprint density at radius 2 is 1.78 bits per heavy atom. The van der Waals surface area contributed by atoms with Crippen molar-refractivity contribution < 1.29 is 17.9 Å². The first-order valence-electron chi connectivity index (χ1n) is 9.18. The number of aryl methyl sites for hydroxylation is 1. The summed E-state index contributed by atoms with van der Waals surface area (Å²) < 4.78 is 29.4. The van der Waals surface area contributed by atoms with E-state index in [-0.39, 0.29) is 23.5 Å². The van der Waals surface area contributed by atoms with E-state index in [9.17, 15) is 13.2 Å². The van der Waals surface area contributed by atoms with Gasteiger partial charge in [-0.2, -0.15) is 0 Å². The Bertz CT molecular complexity index is 889. The number of amides is 1. The normalized spacial score (nSPS) is 18.2. The molecule has 144 valence electrons. The Labute approximate surface area is 160 Å². The standard InChI is InChI=1S/C21H25NO4S/c1-3-26-20-10-8-18(9-11-20)21(23)22(19-12-13-27(24,25)15-19)14-17-6-4-16(2)5-7-17/h4-11,19H,3,12-15H2,1-2H3. The van der Waals surface area contributed by atoms with Gasteiger partial charge in [0.15, 0.2) is 9.84 Å². The minimum Gasteiger partial charge on any atom is -0.494 e. The van der Waals surface area contributed by atoms with E-state index in [2.05, 4.69) is 0 Å². The molecule has 1 amide bonds. The van der Waals surface area contributed by atoms with Crippen molar-refractivity contribution in [1.82, 2.24) is 4.90 Å². The zero-order valence-corrected chi connectivity index (χ0v) is 16.5. The average molecular weight is 388 g/mol. The maximum atomic E-state index is 13.2. The summed E-state index contributed by atoms with van der Waals surface area (Å²) in [5.41, 5.74) is 2.67. The number of hydrogen-bond acceptors (Lipinski definition) is 4. The second kappa shape index (κ2) is 8.13. The number of nitrogens with zero attached hydrogens (tertiary/aromatic N) is 1. The van der Waals surface area contributed by atoms with Crippen LogP contribution in [-0.2, 0) is 16.4 Å². The summed E-state index contributed by atoms with van der Waals surface area (Å²) in [5, 5.41) is 0. The van der Waals surface area contributed by atoms with E-state index in [1.54, 1.807) is 29.2 Å². The number of rotatable bonds is 6. The molecule has 1 saturated heterocycles. The lowest BCUT2D eigenvalue weighted by atomic mass is 10.1. The fourth-order valence-electron chi connectivity index (χ4n) is 3.30. The van der Waals surface area contributed by atoms with Crippen LogP contribution in [0.3, 0.4) is 0 Å². The van der Waals surface area contributed by atoms with E-state index >= 15 is 0 Å². The molecule has 0 N–H and O–H groups in total. The number of benzene rings is 2. The smallest absolute Gasteiger partial charge is 0.254 e. The molecule has 1 fully saturated rings. The van der Waals surface area contributed by atoms with Crippen molar-refractivity contribution in [2.75, 3.05) is 18.1 Å². The maximum absolute atomic E-state index is 13.2. The lowest BCUT2D eigenvalue weighted by molar-refractivity contribution is 0.0681. The van der Waals surface area contributed by atoms with Gasteiger partial charge in [0.05, 0.1) is 18.1 Å². The minimum atomic E-state index is -3.08. The van der Waals surface area contributed by atoms with Crippen LogP contribution in [0.5, 0.6) is 5.75 Å². The van der Waals surface area contributed by atoms with Crippen LogP contribution in [0.4, 0.5) is 0 Å². The summed E-state index contributed by atoms with van der Waals surface area (Å²) in [4.78, 5) is 14.9. The third-order valence-corrected chi connectivity index (χ3v) is 6.55. The molecule has 0 saturated carbocycles. The third kappa shape index (κ3) is 4.89. The molecule has 1 aliphatic heterocycles. The molecular formula is C21H25NO4S. The molecule has 2 aromatic carbocycles. The molecule has 5 nitrogen and oxygen atoms in total. The summed E-state index contributed by atoms with van der Waals surface area (Å²) in [6.07, 6.45) is 0.483. The van der Waals surface area contributed by atoms with Crippen molar-refractivity contribution in [2.45, 2.75) is 32.9 Å². The Morgan fingerprint density at radius 3 is 2.33 bits per heavy atom. The Hall–Kier alpha value is -2.34. The largest absolute Gasteiger partial charge is 0.494 e. The number of carbonyl (C=O) groups excluding carboxylic acids is 1. The zero-order valence-electron chi connectivity index (χ0n) is 15.7. The zero-order chi connectivity index (χ0) is 19.4. The van der Waals surface area contributed by atoms with Gasteiger partial charge in [-0.15, -0.1) is 0 Å².